The van der Waals surface area contributed by atoms with Gasteiger partial charge in [-0.1, -0.05) is 176 Å². The summed E-state index contributed by atoms with van der Waals surface area (Å²) in [7, 11) is 0. The first kappa shape index (κ1) is 27.0. The van der Waals surface area contributed by atoms with Gasteiger partial charge in [0.25, 0.3) is 0 Å². The Labute approximate surface area is 353 Å². The van der Waals surface area contributed by atoms with Gasteiger partial charge in [-0.05, 0) is 110 Å². The van der Waals surface area contributed by atoms with Crippen LogP contribution < -0.4 is 4.90 Å². The lowest BCUT2D eigenvalue weighted by Gasteiger charge is -2.36. The minimum atomic E-state index is -1.46. The Morgan fingerprint density at radius 1 is 0.390 bits per heavy atom. The number of rotatable bonds is 6. The van der Waals surface area contributed by atoms with E-state index >= 15 is 0 Å². The molecule has 0 saturated heterocycles. The zero-order valence-corrected chi connectivity index (χ0v) is 31.8. The van der Waals surface area contributed by atoms with E-state index in [0.29, 0.717) is 0 Å². The molecule has 1 aromatic heterocycles. The molecule has 1 heterocycles. The summed E-state index contributed by atoms with van der Waals surface area (Å²) in [5.74, 6) is 0. The van der Waals surface area contributed by atoms with E-state index < -0.39 is 35.6 Å². The number of fused-ring (bicyclic) bond motifs is 8. The third-order valence-electron chi connectivity index (χ3n) is 12.1. The molecule has 1 aliphatic rings. The van der Waals surface area contributed by atoms with Gasteiger partial charge >= 0.3 is 0 Å². The predicted octanol–water partition coefficient (Wildman–Crippen LogP) is 14.9. The van der Waals surface area contributed by atoms with E-state index in [2.05, 4.69) is 119 Å². The smallest absolute Gasteiger partial charge is 0.0740 e. The lowest BCUT2D eigenvalue weighted by Crippen LogP contribution is -2.29. The van der Waals surface area contributed by atoms with Gasteiger partial charge < -0.3 is 9.47 Å². The van der Waals surface area contributed by atoms with Crippen LogP contribution in [0.5, 0.6) is 0 Å². The van der Waals surface area contributed by atoms with Crippen LogP contribution in [0.1, 0.15) is 31.8 Å². The van der Waals surface area contributed by atoms with Gasteiger partial charge in [0.2, 0.25) is 0 Å². The molecule has 2 nitrogen and oxygen atoms in total. The van der Waals surface area contributed by atoms with Crippen molar-refractivity contribution in [1.82, 2.24) is 4.57 Å². The summed E-state index contributed by atoms with van der Waals surface area (Å²) < 4.78 is 67.7. The Hall–Kier alpha value is -7.68. The van der Waals surface area contributed by atoms with E-state index in [9.17, 15) is 6.85 Å². The monoisotopic (exact) mass is 757 g/mol. The summed E-state index contributed by atoms with van der Waals surface area (Å²) in [6.07, 6.45) is 0. The quantitative estimate of drug-likeness (QED) is 0.164. The van der Waals surface area contributed by atoms with Crippen molar-refractivity contribution in [3.05, 3.63) is 253 Å². The molecular formula is C57H38N2. The first-order valence-electron chi connectivity index (χ1n) is 23.4. The molecule has 0 amide bonds. The zero-order chi connectivity index (χ0) is 45.0. The van der Waals surface area contributed by atoms with Crippen molar-refractivity contribution < 1.29 is 9.60 Å². The average Bonchev–Trinajstić information content (AvgIpc) is 3.85. The molecule has 276 valence electrons. The SMILES string of the molecule is [2H]c1c([2H])c([2H])c2c(C3(c4cccc5c6ccccc6n(-c6ccccc6)c45)c4ccccc4-c4cc(N(c5ccccc5)c5ccc6ccccc6c5)ccc43)c([2H])c([2H])c([2H])c2c1[2H]. The molecule has 1 unspecified atom stereocenters. The van der Waals surface area contributed by atoms with Gasteiger partial charge in [0.15, 0.2) is 0 Å². The fraction of sp³-hybridized carbons (Fsp3) is 0.0175. The molecule has 0 N–H and O–H groups in total. The van der Waals surface area contributed by atoms with Crippen molar-refractivity contribution in [3.63, 3.8) is 0 Å². The van der Waals surface area contributed by atoms with Gasteiger partial charge in [0.05, 0.1) is 26.0 Å². The predicted molar refractivity (Wildman–Crippen MR) is 248 cm³/mol. The number of hydrogen-bond acceptors (Lipinski definition) is 1. The highest BCUT2D eigenvalue weighted by Crippen LogP contribution is 2.60. The number of anilines is 3. The zero-order valence-electron chi connectivity index (χ0n) is 38.8. The van der Waals surface area contributed by atoms with Crippen LogP contribution in [-0.2, 0) is 5.41 Å². The Bertz CT molecular complexity index is 3800. The summed E-state index contributed by atoms with van der Waals surface area (Å²) in [6.45, 7) is 0. The molecule has 59 heavy (non-hydrogen) atoms. The highest BCUT2D eigenvalue weighted by atomic mass is 15.1. The molecule has 2 heteroatoms. The Balaban J connectivity index is 1.28. The molecule has 0 bridgehead atoms. The lowest BCUT2D eigenvalue weighted by molar-refractivity contribution is 0.780. The van der Waals surface area contributed by atoms with Gasteiger partial charge in [-0.15, -0.1) is 0 Å². The Morgan fingerprint density at radius 3 is 1.95 bits per heavy atom. The molecule has 10 aromatic carbocycles. The average molecular weight is 758 g/mol. The topological polar surface area (TPSA) is 8.17 Å². The van der Waals surface area contributed by atoms with E-state index in [1.165, 1.54) is 0 Å². The van der Waals surface area contributed by atoms with E-state index in [-0.39, 0.29) is 28.4 Å². The lowest BCUT2D eigenvalue weighted by atomic mass is 9.66. The standard InChI is InChI=1S/C57H38N2/c1-3-21-42(22-4-1)58(44-34-33-39-17-7-8-19-41(39)37-44)45-35-36-53-50(38-45)47-26-11-13-29-52(47)57(53,51-30-15-20-40-18-9-10-25-46(40)51)54-31-16-28-49-48-27-12-14-32-55(48)59(56(49)54)43-23-5-2-6-24-43/h1-38H/i9D,10D,15D,18D,20D,25D,30D. The van der Waals surface area contributed by atoms with E-state index in [1.54, 1.807) is 0 Å². The first-order valence-corrected chi connectivity index (χ1v) is 19.9. The van der Waals surface area contributed by atoms with Crippen molar-refractivity contribution >= 4 is 60.4 Å². The maximum Gasteiger partial charge on any atom is 0.0740 e. The third-order valence-corrected chi connectivity index (χ3v) is 12.1. The van der Waals surface area contributed by atoms with Crippen LogP contribution in [0.4, 0.5) is 17.1 Å². The van der Waals surface area contributed by atoms with Crippen molar-refractivity contribution in [3.8, 4) is 16.8 Å². The Kier molecular flexibility index (Phi) is 6.05. The number of benzene rings is 10. The number of hydrogen-bond donors (Lipinski definition) is 0. The van der Waals surface area contributed by atoms with Crippen molar-refractivity contribution in [2.24, 2.45) is 0 Å². The van der Waals surface area contributed by atoms with E-state index in [0.717, 1.165) is 83.1 Å². The van der Waals surface area contributed by atoms with Crippen molar-refractivity contribution in [2.75, 3.05) is 4.90 Å². The highest BCUT2D eigenvalue weighted by molar-refractivity contribution is 6.12. The molecule has 1 atom stereocenters. The molecule has 0 spiro atoms. The van der Waals surface area contributed by atoms with E-state index in [4.69, 9.17) is 2.74 Å². The highest BCUT2D eigenvalue weighted by Gasteiger charge is 2.48. The summed E-state index contributed by atoms with van der Waals surface area (Å²) >= 11 is 0. The second-order valence-corrected chi connectivity index (χ2v) is 15.1. The fourth-order valence-electron chi connectivity index (χ4n) is 9.71. The maximum absolute atomic E-state index is 10.1. The van der Waals surface area contributed by atoms with Crippen LogP contribution in [0, 0.1) is 0 Å². The molecule has 0 saturated carbocycles. The Morgan fingerprint density at radius 2 is 1.05 bits per heavy atom. The van der Waals surface area contributed by atoms with Gasteiger partial charge in [0.1, 0.15) is 0 Å². The first-order chi connectivity index (χ1) is 32.2. The van der Waals surface area contributed by atoms with Gasteiger partial charge in [-0.2, -0.15) is 0 Å². The molecule has 12 rings (SSSR count). The number of nitrogens with zero attached hydrogens (tertiary/aromatic N) is 2. The molecule has 11 aromatic rings. The van der Waals surface area contributed by atoms with Crippen LogP contribution in [0.2, 0.25) is 0 Å². The molecule has 0 radical (unpaired) electrons. The molecule has 1 aliphatic carbocycles. The fourth-order valence-corrected chi connectivity index (χ4v) is 9.71. The normalized spacial score (nSPS) is 16.2. The van der Waals surface area contributed by atoms with Crippen LogP contribution in [0.3, 0.4) is 0 Å². The summed E-state index contributed by atoms with van der Waals surface area (Å²) in [6, 6.07) is 61.3. The summed E-state index contributed by atoms with van der Waals surface area (Å²) in [5.41, 5.74) is 8.45. The van der Waals surface area contributed by atoms with Crippen LogP contribution in [0.25, 0.3) is 60.2 Å². The molecular weight excluding hydrogens is 713 g/mol. The van der Waals surface area contributed by atoms with Crippen LogP contribution in [-0.4, -0.2) is 4.57 Å². The minimum absolute atomic E-state index is 0.0557. The third kappa shape index (κ3) is 4.93. The largest absolute Gasteiger partial charge is 0.310 e. The second-order valence-electron chi connectivity index (χ2n) is 15.1. The number of para-hydroxylation sites is 4. The maximum atomic E-state index is 10.1. The summed E-state index contributed by atoms with van der Waals surface area (Å²) in [4.78, 5) is 2.24. The number of aromatic nitrogens is 1. The van der Waals surface area contributed by atoms with Crippen LogP contribution >= 0.6 is 0 Å². The van der Waals surface area contributed by atoms with Gasteiger partial charge in [0, 0.05) is 33.5 Å². The van der Waals surface area contributed by atoms with Crippen LogP contribution in [0.15, 0.2) is 230 Å². The molecule has 0 aliphatic heterocycles. The second kappa shape index (κ2) is 13.2. The summed E-state index contributed by atoms with van der Waals surface area (Å²) in [5, 5.41) is 4.19. The van der Waals surface area contributed by atoms with Crippen molar-refractivity contribution in [2.45, 2.75) is 5.41 Å². The van der Waals surface area contributed by atoms with Crippen molar-refractivity contribution in [1.29, 1.82) is 0 Å². The molecule has 0 fully saturated rings. The van der Waals surface area contributed by atoms with Gasteiger partial charge in [-0.25, -0.2) is 0 Å². The minimum Gasteiger partial charge on any atom is -0.310 e. The van der Waals surface area contributed by atoms with E-state index in [1.807, 2.05) is 78.9 Å². The van der Waals surface area contributed by atoms with Gasteiger partial charge in [-0.3, -0.25) is 0 Å².